The van der Waals surface area contributed by atoms with Crippen molar-refractivity contribution < 1.29 is 4.79 Å². The maximum Gasteiger partial charge on any atom is 0.261 e. The molecule has 4 rings (SSSR count). The van der Waals surface area contributed by atoms with Gasteiger partial charge in [0, 0.05) is 51.4 Å². The fraction of sp³-hybridized carbons (Fsp3) is 0.143. The van der Waals surface area contributed by atoms with E-state index in [1.165, 1.54) is 27.1 Å². The number of aromatic nitrogens is 1. The average Bonchev–Trinajstić information content (AvgIpc) is 3.36. The molecule has 0 saturated heterocycles. The van der Waals surface area contributed by atoms with Crippen molar-refractivity contribution >= 4 is 44.4 Å². The molecule has 0 fully saturated rings. The SMILES string of the molecule is O=C(NCCCNc1csc2ccccc12)c1ccc(-c2cccnc2)s1. The second kappa shape index (κ2) is 8.33. The lowest BCUT2D eigenvalue weighted by Crippen LogP contribution is -2.25. The van der Waals surface area contributed by atoms with E-state index >= 15 is 0 Å². The number of hydrogen-bond donors (Lipinski definition) is 2. The molecule has 0 saturated carbocycles. The smallest absolute Gasteiger partial charge is 0.261 e. The maximum atomic E-state index is 12.3. The molecule has 6 heteroatoms. The van der Waals surface area contributed by atoms with E-state index in [1.807, 2.05) is 30.5 Å². The molecule has 4 nitrogen and oxygen atoms in total. The summed E-state index contributed by atoms with van der Waals surface area (Å²) >= 11 is 3.24. The van der Waals surface area contributed by atoms with Gasteiger partial charge in [-0.2, -0.15) is 0 Å². The van der Waals surface area contributed by atoms with E-state index < -0.39 is 0 Å². The summed E-state index contributed by atoms with van der Waals surface area (Å²) in [4.78, 5) is 18.2. The number of pyridine rings is 1. The summed E-state index contributed by atoms with van der Waals surface area (Å²) < 4.78 is 1.29. The molecule has 0 aliphatic heterocycles. The van der Waals surface area contributed by atoms with Gasteiger partial charge in [0.1, 0.15) is 0 Å². The highest BCUT2D eigenvalue weighted by Gasteiger charge is 2.10. The monoisotopic (exact) mass is 393 g/mol. The van der Waals surface area contributed by atoms with Crippen LogP contribution in [0.1, 0.15) is 16.1 Å². The number of fused-ring (bicyclic) bond motifs is 1. The van der Waals surface area contributed by atoms with Crippen LogP contribution in [-0.4, -0.2) is 24.0 Å². The number of anilines is 1. The first-order chi connectivity index (χ1) is 13.3. The Bertz CT molecular complexity index is 1040. The summed E-state index contributed by atoms with van der Waals surface area (Å²) in [6.45, 7) is 1.47. The molecule has 2 N–H and O–H groups in total. The summed E-state index contributed by atoms with van der Waals surface area (Å²) in [5.41, 5.74) is 2.20. The molecule has 1 aromatic carbocycles. The molecule has 1 amide bonds. The van der Waals surface area contributed by atoms with Gasteiger partial charge in [0.2, 0.25) is 0 Å². The summed E-state index contributed by atoms with van der Waals surface area (Å²) in [5.74, 6) is -0.0175. The number of hydrogen-bond acceptors (Lipinski definition) is 5. The Balaban J connectivity index is 1.25. The third kappa shape index (κ3) is 4.18. The number of amides is 1. The Hall–Kier alpha value is -2.70. The van der Waals surface area contributed by atoms with Crippen LogP contribution in [0.3, 0.4) is 0 Å². The van der Waals surface area contributed by atoms with E-state index in [0.717, 1.165) is 28.3 Å². The minimum atomic E-state index is -0.0175. The lowest BCUT2D eigenvalue weighted by molar-refractivity contribution is 0.0957. The van der Waals surface area contributed by atoms with Gasteiger partial charge in [0.05, 0.1) is 10.6 Å². The predicted molar refractivity (Wildman–Crippen MR) is 115 cm³/mol. The van der Waals surface area contributed by atoms with Gasteiger partial charge in [-0.1, -0.05) is 24.3 Å². The number of nitrogens with one attached hydrogen (secondary N) is 2. The summed E-state index contributed by atoms with van der Waals surface area (Å²) in [7, 11) is 0. The molecule has 3 aromatic heterocycles. The first-order valence-electron chi connectivity index (χ1n) is 8.80. The highest BCUT2D eigenvalue weighted by molar-refractivity contribution is 7.18. The van der Waals surface area contributed by atoms with Crippen LogP contribution in [0.4, 0.5) is 5.69 Å². The average molecular weight is 394 g/mol. The Kier molecular flexibility index (Phi) is 5.46. The number of thiophene rings is 2. The molecule has 0 aliphatic carbocycles. The van der Waals surface area contributed by atoms with E-state index in [2.05, 4.69) is 45.3 Å². The predicted octanol–water partition coefficient (Wildman–Crippen LogP) is 5.26. The molecular weight excluding hydrogens is 374 g/mol. The topological polar surface area (TPSA) is 54.0 Å². The second-order valence-electron chi connectivity index (χ2n) is 6.09. The van der Waals surface area contributed by atoms with Crippen LogP contribution in [-0.2, 0) is 0 Å². The normalized spacial score (nSPS) is 10.8. The maximum absolute atomic E-state index is 12.3. The number of benzene rings is 1. The molecule has 136 valence electrons. The number of carbonyl (C=O) groups excluding carboxylic acids is 1. The minimum Gasteiger partial charge on any atom is -0.384 e. The fourth-order valence-electron chi connectivity index (χ4n) is 2.84. The van der Waals surface area contributed by atoms with Gasteiger partial charge in [-0.05, 0) is 30.7 Å². The summed E-state index contributed by atoms with van der Waals surface area (Å²) in [6, 6.07) is 16.1. The van der Waals surface area contributed by atoms with E-state index in [4.69, 9.17) is 0 Å². The van der Waals surface area contributed by atoms with Crippen LogP contribution in [0.15, 0.2) is 66.3 Å². The first kappa shape index (κ1) is 17.7. The molecule has 0 unspecified atom stereocenters. The molecule has 4 aromatic rings. The van der Waals surface area contributed by atoms with Crippen LogP contribution in [0.2, 0.25) is 0 Å². The van der Waals surface area contributed by atoms with Crippen molar-refractivity contribution in [1.29, 1.82) is 0 Å². The van der Waals surface area contributed by atoms with Crippen molar-refractivity contribution in [2.24, 2.45) is 0 Å². The van der Waals surface area contributed by atoms with Crippen LogP contribution in [0.5, 0.6) is 0 Å². The molecule has 3 heterocycles. The van der Waals surface area contributed by atoms with Gasteiger partial charge in [-0.3, -0.25) is 9.78 Å². The van der Waals surface area contributed by atoms with E-state index in [1.54, 1.807) is 17.5 Å². The summed E-state index contributed by atoms with van der Waals surface area (Å²) in [6.07, 6.45) is 4.43. The van der Waals surface area contributed by atoms with Crippen LogP contribution in [0, 0.1) is 0 Å². The molecule has 0 aliphatic rings. The van der Waals surface area contributed by atoms with Gasteiger partial charge in [-0.25, -0.2) is 0 Å². The number of nitrogens with zero attached hydrogens (tertiary/aromatic N) is 1. The van der Waals surface area contributed by atoms with Gasteiger partial charge < -0.3 is 10.6 Å². The Morgan fingerprint density at radius 3 is 2.85 bits per heavy atom. The zero-order valence-corrected chi connectivity index (χ0v) is 16.3. The van der Waals surface area contributed by atoms with Crippen molar-refractivity contribution in [2.75, 3.05) is 18.4 Å². The van der Waals surface area contributed by atoms with Crippen LogP contribution in [0.25, 0.3) is 20.5 Å². The lowest BCUT2D eigenvalue weighted by Gasteiger charge is -2.06. The van der Waals surface area contributed by atoms with Crippen molar-refractivity contribution in [1.82, 2.24) is 10.3 Å². The molecule has 0 radical (unpaired) electrons. The van der Waals surface area contributed by atoms with Gasteiger partial charge in [0.15, 0.2) is 0 Å². The van der Waals surface area contributed by atoms with Gasteiger partial charge in [-0.15, -0.1) is 22.7 Å². The van der Waals surface area contributed by atoms with Crippen molar-refractivity contribution in [3.05, 3.63) is 71.2 Å². The highest BCUT2D eigenvalue weighted by atomic mass is 32.1. The Labute approximate surface area is 165 Å². The highest BCUT2D eigenvalue weighted by Crippen LogP contribution is 2.30. The quantitative estimate of drug-likeness (QED) is 0.421. The van der Waals surface area contributed by atoms with Crippen molar-refractivity contribution in [3.8, 4) is 10.4 Å². The van der Waals surface area contributed by atoms with E-state index in [9.17, 15) is 4.79 Å². The van der Waals surface area contributed by atoms with Gasteiger partial charge >= 0.3 is 0 Å². The Morgan fingerprint density at radius 1 is 1.04 bits per heavy atom. The zero-order valence-electron chi connectivity index (χ0n) is 14.6. The minimum absolute atomic E-state index is 0.0175. The van der Waals surface area contributed by atoms with Crippen molar-refractivity contribution in [2.45, 2.75) is 6.42 Å². The third-order valence-corrected chi connectivity index (χ3v) is 6.31. The molecule has 0 atom stereocenters. The fourth-order valence-corrected chi connectivity index (χ4v) is 4.67. The molecule has 0 bridgehead atoms. The molecule has 0 spiro atoms. The largest absolute Gasteiger partial charge is 0.384 e. The first-order valence-corrected chi connectivity index (χ1v) is 10.5. The number of rotatable bonds is 7. The standard InChI is InChI=1S/C21H19N3OS2/c25-21(20-9-8-18(27-20)15-5-3-10-22-13-15)24-12-4-11-23-17-14-26-19-7-2-1-6-16(17)19/h1-3,5-10,13-14,23H,4,11-12H2,(H,24,25). The molecular formula is C21H19N3OS2. The van der Waals surface area contributed by atoms with Crippen LogP contribution >= 0.6 is 22.7 Å². The van der Waals surface area contributed by atoms with Crippen LogP contribution < -0.4 is 10.6 Å². The summed E-state index contributed by atoms with van der Waals surface area (Å²) in [5, 5.41) is 9.87. The second-order valence-corrected chi connectivity index (χ2v) is 8.08. The lowest BCUT2D eigenvalue weighted by atomic mass is 10.2. The number of carbonyl (C=O) groups is 1. The third-order valence-electron chi connectivity index (χ3n) is 4.21. The zero-order chi connectivity index (χ0) is 18.5. The molecule has 27 heavy (non-hydrogen) atoms. The Morgan fingerprint density at radius 2 is 1.96 bits per heavy atom. The van der Waals surface area contributed by atoms with E-state index in [0.29, 0.717) is 6.54 Å². The van der Waals surface area contributed by atoms with Crippen molar-refractivity contribution in [3.63, 3.8) is 0 Å². The van der Waals surface area contributed by atoms with E-state index in [-0.39, 0.29) is 5.91 Å². The van der Waals surface area contributed by atoms with Gasteiger partial charge in [0.25, 0.3) is 5.91 Å².